The number of nitrogens with zero attached hydrogens (tertiary/aromatic N) is 2. The predicted octanol–water partition coefficient (Wildman–Crippen LogP) is 4.10. The molecule has 0 aliphatic heterocycles. The number of aryl methyl sites for hydroxylation is 1. The lowest BCUT2D eigenvalue weighted by atomic mass is 9.99. The molecule has 2 nitrogen and oxygen atoms in total. The molecule has 3 rings (SSSR count). The van der Waals surface area contributed by atoms with Gasteiger partial charge >= 0.3 is 0 Å². The minimum atomic E-state index is 0.378. The summed E-state index contributed by atoms with van der Waals surface area (Å²) < 4.78 is 0. The minimum Gasteiger partial charge on any atom is -0.252 e. The lowest BCUT2D eigenvalue weighted by molar-refractivity contribution is 0.899. The van der Waals surface area contributed by atoms with Gasteiger partial charge in [0.25, 0.3) is 0 Å². The summed E-state index contributed by atoms with van der Waals surface area (Å²) in [4.78, 5) is 4.64. The summed E-state index contributed by atoms with van der Waals surface area (Å²) in [5.74, 6) is 0. The average molecular weight is 277 g/mol. The highest BCUT2D eigenvalue weighted by atomic mass is 35.5. The molecule has 2 aromatic rings. The van der Waals surface area contributed by atoms with Gasteiger partial charge < -0.3 is 0 Å². The van der Waals surface area contributed by atoms with Gasteiger partial charge in [-0.2, -0.15) is 5.26 Å². The third kappa shape index (κ3) is 1.75. The second-order valence-electron chi connectivity index (χ2n) is 4.49. The van der Waals surface area contributed by atoms with Crippen molar-refractivity contribution in [3.05, 3.63) is 39.0 Å². The number of hydrogen-bond acceptors (Lipinski definition) is 2. The van der Waals surface area contributed by atoms with Gasteiger partial charge in [-0.3, -0.25) is 4.98 Å². The van der Waals surface area contributed by atoms with Crippen molar-refractivity contribution in [2.45, 2.75) is 25.7 Å². The van der Waals surface area contributed by atoms with Crippen molar-refractivity contribution in [1.29, 1.82) is 5.26 Å². The maximum atomic E-state index is 9.02. The molecule has 0 radical (unpaired) electrons. The fraction of sp³-hybridized carbons (Fsp3) is 0.286. The molecule has 1 aliphatic rings. The standard InChI is InChI=1S/C14H10Cl2N2/c15-8-6-11(16)14-10(4-5-17)9-2-1-3-12(9)18-13(14)7-8/h6-7H,1-4H2. The summed E-state index contributed by atoms with van der Waals surface area (Å²) >= 11 is 12.3. The Morgan fingerprint density at radius 2 is 2.11 bits per heavy atom. The van der Waals surface area contributed by atoms with Crippen molar-refractivity contribution in [2.24, 2.45) is 0 Å². The first-order valence-electron chi connectivity index (χ1n) is 5.87. The van der Waals surface area contributed by atoms with Crippen LogP contribution in [-0.4, -0.2) is 4.98 Å². The Balaban J connectivity index is 2.43. The summed E-state index contributed by atoms with van der Waals surface area (Å²) in [6.45, 7) is 0. The SMILES string of the molecule is N#CCc1c2c(nc3cc(Cl)cc(Cl)c13)CCC2. The van der Waals surface area contributed by atoms with Gasteiger partial charge in [0.15, 0.2) is 0 Å². The van der Waals surface area contributed by atoms with Crippen LogP contribution in [0.1, 0.15) is 23.2 Å². The quantitative estimate of drug-likeness (QED) is 0.787. The van der Waals surface area contributed by atoms with E-state index in [2.05, 4.69) is 11.1 Å². The largest absolute Gasteiger partial charge is 0.252 e. The summed E-state index contributed by atoms with van der Waals surface area (Å²) in [5.41, 5.74) is 4.16. The fourth-order valence-corrected chi connectivity index (χ4v) is 3.29. The normalized spacial score (nSPS) is 13.6. The third-order valence-electron chi connectivity index (χ3n) is 3.40. The van der Waals surface area contributed by atoms with Crippen molar-refractivity contribution < 1.29 is 0 Å². The number of rotatable bonds is 1. The van der Waals surface area contributed by atoms with Crippen LogP contribution in [0, 0.1) is 11.3 Å². The number of hydrogen-bond donors (Lipinski definition) is 0. The molecule has 0 unspecified atom stereocenters. The van der Waals surface area contributed by atoms with Gasteiger partial charge in [-0.1, -0.05) is 23.2 Å². The highest BCUT2D eigenvalue weighted by Crippen LogP contribution is 2.35. The first-order valence-corrected chi connectivity index (χ1v) is 6.62. The van der Waals surface area contributed by atoms with Crippen LogP contribution < -0.4 is 0 Å². The zero-order valence-corrected chi connectivity index (χ0v) is 11.1. The van der Waals surface area contributed by atoms with E-state index in [4.69, 9.17) is 28.5 Å². The van der Waals surface area contributed by atoms with Crippen LogP contribution in [0.2, 0.25) is 10.0 Å². The number of benzene rings is 1. The van der Waals surface area contributed by atoms with Crippen molar-refractivity contribution in [2.75, 3.05) is 0 Å². The van der Waals surface area contributed by atoms with Gasteiger partial charge in [0.2, 0.25) is 0 Å². The predicted molar refractivity (Wildman–Crippen MR) is 73.1 cm³/mol. The Morgan fingerprint density at radius 1 is 1.28 bits per heavy atom. The van der Waals surface area contributed by atoms with Crippen LogP contribution in [0.25, 0.3) is 10.9 Å². The van der Waals surface area contributed by atoms with E-state index in [0.29, 0.717) is 16.5 Å². The van der Waals surface area contributed by atoms with Gasteiger partial charge in [-0.15, -0.1) is 0 Å². The second kappa shape index (κ2) is 4.42. The van der Waals surface area contributed by atoms with E-state index in [-0.39, 0.29) is 0 Å². The zero-order chi connectivity index (χ0) is 12.7. The molecule has 0 saturated heterocycles. The Labute approximate surface area is 115 Å². The van der Waals surface area contributed by atoms with E-state index < -0.39 is 0 Å². The lowest BCUT2D eigenvalue weighted by Gasteiger charge is -2.11. The first kappa shape index (κ1) is 11.8. The van der Waals surface area contributed by atoms with Crippen molar-refractivity contribution in [3.8, 4) is 6.07 Å². The Hall–Kier alpha value is -1.30. The van der Waals surface area contributed by atoms with E-state index in [1.54, 1.807) is 6.07 Å². The Kier molecular flexibility index (Phi) is 2.89. The zero-order valence-electron chi connectivity index (χ0n) is 9.63. The molecule has 1 aromatic carbocycles. The summed E-state index contributed by atoms with van der Waals surface area (Å²) in [5, 5.41) is 11.1. The van der Waals surface area contributed by atoms with Crippen LogP contribution in [0.3, 0.4) is 0 Å². The third-order valence-corrected chi connectivity index (χ3v) is 3.92. The van der Waals surface area contributed by atoms with Crippen LogP contribution in [0.15, 0.2) is 12.1 Å². The lowest BCUT2D eigenvalue weighted by Crippen LogP contribution is -1.99. The number of aromatic nitrogens is 1. The number of fused-ring (bicyclic) bond motifs is 2. The van der Waals surface area contributed by atoms with E-state index in [9.17, 15) is 0 Å². The smallest absolute Gasteiger partial charge is 0.0738 e. The van der Waals surface area contributed by atoms with Crippen LogP contribution in [0.4, 0.5) is 0 Å². The molecule has 0 spiro atoms. The van der Waals surface area contributed by atoms with Gasteiger partial charge in [-0.25, -0.2) is 0 Å². The topological polar surface area (TPSA) is 36.7 Å². The maximum Gasteiger partial charge on any atom is 0.0738 e. The van der Waals surface area contributed by atoms with Gasteiger partial charge in [0, 0.05) is 16.1 Å². The van der Waals surface area contributed by atoms with E-state index in [0.717, 1.165) is 41.4 Å². The Morgan fingerprint density at radius 3 is 2.89 bits per heavy atom. The fourth-order valence-electron chi connectivity index (χ4n) is 2.69. The number of pyridine rings is 1. The summed E-state index contributed by atoms with van der Waals surface area (Å²) in [6, 6.07) is 5.77. The number of halogens is 2. The Bertz CT molecular complexity index is 686. The van der Waals surface area contributed by atoms with Gasteiger partial charge in [0.1, 0.15) is 0 Å². The second-order valence-corrected chi connectivity index (χ2v) is 5.33. The molecule has 1 aromatic heterocycles. The number of nitriles is 1. The minimum absolute atomic E-state index is 0.378. The van der Waals surface area contributed by atoms with E-state index in [1.807, 2.05) is 6.07 Å². The van der Waals surface area contributed by atoms with Crippen LogP contribution >= 0.6 is 23.2 Å². The van der Waals surface area contributed by atoms with Crippen molar-refractivity contribution in [1.82, 2.24) is 4.98 Å². The van der Waals surface area contributed by atoms with Crippen LogP contribution in [-0.2, 0) is 19.3 Å². The first-order chi connectivity index (χ1) is 8.70. The molecule has 18 heavy (non-hydrogen) atoms. The summed E-state index contributed by atoms with van der Waals surface area (Å²) in [7, 11) is 0. The van der Waals surface area contributed by atoms with Crippen molar-refractivity contribution >= 4 is 34.1 Å². The molecule has 1 aliphatic carbocycles. The molecule has 0 N–H and O–H groups in total. The molecule has 0 fully saturated rings. The van der Waals surface area contributed by atoms with Gasteiger partial charge in [-0.05, 0) is 42.5 Å². The molecule has 0 atom stereocenters. The molecule has 4 heteroatoms. The maximum absolute atomic E-state index is 9.02. The monoisotopic (exact) mass is 276 g/mol. The molecular weight excluding hydrogens is 267 g/mol. The highest BCUT2D eigenvalue weighted by molar-refractivity contribution is 6.38. The highest BCUT2D eigenvalue weighted by Gasteiger charge is 2.20. The van der Waals surface area contributed by atoms with Crippen LogP contribution in [0.5, 0.6) is 0 Å². The molecule has 0 bridgehead atoms. The molecule has 0 amide bonds. The molecule has 0 saturated carbocycles. The van der Waals surface area contributed by atoms with E-state index >= 15 is 0 Å². The average Bonchev–Trinajstić information content (AvgIpc) is 2.75. The van der Waals surface area contributed by atoms with Gasteiger partial charge in [0.05, 0.1) is 23.0 Å². The van der Waals surface area contributed by atoms with Crippen molar-refractivity contribution in [3.63, 3.8) is 0 Å². The van der Waals surface area contributed by atoms with E-state index in [1.165, 1.54) is 5.56 Å². The molecule has 1 heterocycles. The summed E-state index contributed by atoms with van der Waals surface area (Å²) in [6.07, 6.45) is 3.45. The molecule has 90 valence electrons. The molecular formula is C14H10Cl2N2.